The molecule has 1 aromatic rings. The third kappa shape index (κ3) is 4.84. The van der Waals surface area contributed by atoms with Crippen molar-refractivity contribution in [1.29, 1.82) is 5.26 Å². The number of nitrogens with one attached hydrogen (secondary N) is 1. The number of unbranched alkanes of at least 4 members (excludes halogenated alkanes) is 1. The second kappa shape index (κ2) is 7.05. The summed E-state index contributed by atoms with van der Waals surface area (Å²) in [6.07, 6.45) is 2.18. The first-order valence-corrected chi connectivity index (χ1v) is 6.19. The van der Waals surface area contributed by atoms with Crippen molar-refractivity contribution >= 4 is 0 Å². The number of benzene rings is 1. The zero-order valence-electron chi connectivity index (χ0n) is 11.2. The van der Waals surface area contributed by atoms with Crippen LogP contribution in [0.25, 0.3) is 0 Å². The lowest BCUT2D eigenvalue weighted by Crippen LogP contribution is -2.37. The van der Waals surface area contributed by atoms with Gasteiger partial charge in [-0.25, -0.2) is 8.78 Å². The summed E-state index contributed by atoms with van der Waals surface area (Å²) in [5.74, 6) is -1.26. The lowest BCUT2D eigenvalue weighted by Gasteiger charge is -2.20. The van der Waals surface area contributed by atoms with E-state index in [1.54, 1.807) is 7.05 Å². The van der Waals surface area contributed by atoms with E-state index in [0.29, 0.717) is 19.4 Å². The van der Waals surface area contributed by atoms with Gasteiger partial charge in [-0.05, 0) is 45.4 Å². The highest BCUT2D eigenvalue weighted by Gasteiger charge is 2.19. The van der Waals surface area contributed by atoms with Crippen molar-refractivity contribution < 1.29 is 13.5 Å². The van der Waals surface area contributed by atoms with Gasteiger partial charge in [-0.3, -0.25) is 0 Å². The maximum Gasteiger partial charge on any atom is 0.167 e. The minimum atomic E-state index is -0.697. The average Bonchev–Trinajstić information content (AvgIpc) is 2.40. The van der Waals surface area contributed by atoms with Crippen LogP contribution in [-0.4, -0.2) is 19.2 Å². The minimum absolute atomic E-state index is 0.0538. The fourth-order valence-electron chi connectivity index (χ4n) is 1.59. The maximum atomic E-state index is 13.2. The zero-order valence-corrected chi connectivity index (χ0v) is 11.2. The number of ether oxygens (including phenoxy) is 1. The molecule has 5 heteroatoms. The van der Waals surface area contributed by atoms with E-state index >= 15 is 0 Å². The SMILES string of the molecule is CNC(C)(C#N)CCCCOc1ccc(F)cc1F. The fraction of sp³-hybridized carbons (Fsp3) is 0.500. The van der Waals surface area contributed by atoms with Crippen LogP contribution in [0, 0.1) is 23.0 Å². The molecule has 1 aromatic carbocycles. The molecular weight excluding hydrogens is 250 g/mol. The Morgan fingerprint density at radius 2 is 2.11 bits per heavy atom. The van der Waals surface area contributed by atoms with Gasteiger partial charge in [-0.15, -0.1) is 0 Å². The predicted molar refractivity (Wildman–Crippen MR) is 68.8 cm³/mol. The normalized spacial score (nSPS) is 13.6. The van der Waals surface area contributed by atoms with E-state index in [1.807, 2.05) is 6.92 Å². The first-order valence-electron chi connectivity index (χ1n) is 6.19. The summed E-state index contributed by atoms with van der Waals surface area (Å²) >= 11 is 0. The average molecular weight is 268 g/mol. The Hall–Kier alpha value is -1.67. The molecular formula is C14H18F2N2O. The van der Waals surface area contributed by atoms with Crippen molar-refractivity contribution in [1.82, 2.24) is 5.32 Å². The summed E-state index contributed by atoms with van der Waals surface area (Å²) in [4.78, 5) is 0. The molecule has 0 radical (unpaired) electrons. The fourth-order valence-corrected chi connectivity index (χ4v) is 1.59. The highest BCUT2D eigenvalue weighted by molar-refractivity contribution is 5.24. The Balaban J connectivity index is 2.30. The van der Waals surface area contributed by atoms with Crippen LogP contribution in [0.15, 0.2) is 18.2 Å². The number of nitriles is 1. The van der Waals surface area contributed by atoms with Crippen LogP contribution < -0.4 is 10.1 Å². The van der Waals surface area contributed by atoms with Crippen LogP contribution in [0.4, 0.5) is 8.78 Å². The van der Waals surface area contributed by atoms with Gasteiger partial charge in [0.1, 0.15) is 11.4 Å². The van der Waals surface area contributed by atoms with Crippen LogP contribution in [0.1, 0.15) is 26.2 Å². The van der Waals surface area contributed by atoms with Crippen LogP contribution in [0.5, 0.6) is 5.75 Å². The van der Waals surface area contributed by atoms with E-state index < -0.39 is 17.2 Å². The highest BCUT2D eigenvalue weighted by atomic mass is 19.1. The van der Waals surface area contributed by atoms with Crippen LogP contribution >= 0.6 is 0 Å². The largest absolute Gasteiger partial charge is 0.491 e. The molecule has 104 valence electrons. The minimum Gasteiger partial charge on any atom is -0.491 e. The quantitative estimate of drug-likeness (QED) is 0.773. The van der Waals surface area contributed by atoms with Gasteiger partial charge in [0.2, 0.25) is 0 Å². The van der Waals surface area contributed by atoms with Gasteiger partial charge in [0, 0.05) is 6.07 Å². The predicted octanol–water partition coefficient (Wildman–Crippen LogP) is 3.02. The molecule has 3 nitrogen and oxygen atoms in total. The Kier molecular flexibility index (Phi) is 5.71. The summed E-state index contributed by atoms with van der Waals surface area (Å²) in [6.45, 7) is 2.17. The van der Waals surface area contributed by atoms with E-state index in [0.717, 1.165) is 18.6 Å². The Morgan fingerprint density at radius 1 is 1.37 bits per heavy atom. The monoisotopic (exact) mass is 268 g/mol. The number of hydrogen-bond acceptors (Lipinski definition) is 3. The second-order valence-corrected chi connectivity index (χ2v) is 4.57. The lowest BCUT2D eigenvalue weighted by molar-refractivity contribution is 0.283. The molecule has 0 saturated carbocycles. The molecule has 0 aromatic heterocycles. The molecule has 0 aliphatic heterocycles. The summed E-state index contributed by atoms with van der Waals surface area (Å²) < 4.78 is 31.1. The van der Waals surface area contributed by atoms with E-state index in [2.05, 4.69) is 11.4 Å². The van der Waals surface area contributed by atoms with E-state index in [1.165, 1.54) is 6.07 Å². The van der Waals surface area contributed by atoms with Gasteiger partial charge in [-0.2, -0.15) is 5.26 Å². The highest BCUT2D eigenvalue weighted by Crippen LogP contribution is 2.18. The van der Waals surface area contributed by atoms with E-state index in [4.69, 9.17) is 10.00 Å². The molecule has 1 unspecified atom stereocenters. The number of halogens is 2. The van der Waals surface area contributed by atoms with Gasteiger partial charge in [0.15, 0.2) is 11.6 Å². The van der Waals surface area contributed by atoms with Gasteiger partial charge in [0.05, 0.1) is 12.7 Å². The lowest BCUT2D eigenvalue weighted by atomic mass is 9.97. The number of nitrogens with zero attached hydrogens (tertiary/aromatic N) is 1. The van der Waals surface area contributed by atoms with E-state index in [-0.39, 0.29) is 5.75 Å². The van der Waals surface area contributed by atoms with Crippen molar-refractivity contribution in [3.8, 4) is 11.8 Å². The van der Waals surface area contributed by atoms with Crippen LogP contribution in [0.3, 0.4) is 0 Å². The van der Waals surface area contributed by atoms with E-state index in [9.17, 15) is 8.78 Å². The summed E-state index contributed by atoms with van der Waals surface area (Å²) in [6, 6.07) is 5.43. The maximum absolute atomic E-state index is 13.2. The molecule has 0 amide bonds. The molecule has 1 rings (SSSR count). The summed E-state index contributed by atoms with van der Waals surface area (Å²) in [5, 5.41) is 11.9. The van der Waals surface area contributed by atoms with Crippen molar-refractivity contribution in [2.45, 2.75) is 31.7 Å². The molecule has 19 heavy (non-hydrogen) atoms. The Bertz CT molecular complexity index is 459. The molecule has 0 bridgehead atoms. The topological polar surface area (TPSA) is 45.0 Å². The van der Waals surface area contributed by atoms with Crippen LogP contribution in [0.2, 0.25) is 0 Å². The van der Waals surface area contributed by atoms with Gasteiger partial charge < -0.3 is 10.1 Å². The number of rotatable bonds is 7. The molecule has 0 aliphatic carbocycles. The summed E-state index contributed by atoms with van der Waals surface area (Å²) in [7, 11) is 1.74. The van der Waals surface area contributed by atoms with Gasteiger partial charge in [0.25, 0.3) is 0 Å². The third-order valence-electron chi connectivity index (χ3n) is 3.02. The molecule has 0 spiro atoms. The number of hydrogen-bond donors (Lipinski definition) is 1. The third-order valence-corrected chi connectivity index (χ3v) is 3.02. The smallest absolute Gasteiger partial charge is 0.167 e. The molecule has 1 N–H and O–H groups in total. The van der Waals surface area contributed by atoms with Crippen LogP contribution in [-0.2, 0) is 0 Å². The molecule has 1 atom stereocenters. The van der Waals surface area contributed by atoms with Crippen molar-refractivity contribution in [3.63, 3.8) is 0 Å². The Morgan fingerprint density at radius 3 is 2.68 bits per heavy atom. The Labute approximate surface area is 112 Å². The summed E-state index contributed by atoms with van der Waals surface area (Å²) in [5.41, 5.74) is -0.541. The van der Waals surface area contributed by atoms with Crippen molar-refractivity contribution in [2.24, 2.45) is 0 Å². The van der Waals surface area contributed by atoms with Gasteiger partial charge >= 0.3 is 0 Å². The zero-order chi connectivity index (χ0) is 14.3. The van der Waals surface area contributed by atoms with Crippen molar-refractivity contribution in [3.05, 3.63) is 29.8 Å². The standard InChI is InChI=1S/C14H18F2N2O/c1-14(10-17,18-2)7-3-4-8-19-13-6-5-11(15)9-12(13)16/h5-6,9,18H,3-4,7-8H2,1-2H3. The molecule has 0 heterocycles. The molecule has 0 aliphatic rings. The first-order chi connectivity index (χ1) is 9.00. The van der Waals surface area contributed by atoms with Crippen molar-refractivity contribution in [2.75, 3.05) is 13.7 Å². The molecule has 0 fully saturated rings. The second-order valence-electron chi connectivity index (χ2n) is 4.57. The van der Waals surface area contributed by atoms with Gasteiger partial charge in [-0.1, -0.05) is 0 Å². The molecule has 0 saturated heterocycles. The first kappa shape index (κ1) is 15.4.